The molecule has 3 unspecified atom stereocenters. The van der Waals surface area contributed by atoms with Crippen LogP contribution < -0.4 is 21.3 Å². The molecule has 1 aliphatic rings. The van der Waals surface area contributed by atoms with E-state index in [0.29, 0.717) is 18.1 Å². The first-order valence-electron chi connectivity index (χ1n) is 10.8. The van der Waals surface area contributed by atoms with Gasteiger partial charge >= 0.3 is 6.03 Å². The Morgan fingerprint density at radius 1 is 1.06 bits per heavy atom. The minimum Gasteiger partial charge on any atom is -0.337 e. The second-order valence-electron chi connectivity index (χ2n) is 8.00. The van der Waals surface area contributed by atoms with Crippen LogP contribution in [0.4, 0.5) is 10.6 Å². The van der Waals surface area contributed by atoms with E-state index < -0.39 is 6.29 Å². The molecule has 0 radical (unpaired) electrons. The monoisotopic (exact) mass is 432 g/mol. The van der Waals surface area contributed by atoms with Gasteiger partial charge in [-0.25, -0.2) is 9.48 Å². The van der Waals surface area contributed by atoms with Crippen molar-refractivity contribution in [1.29, 1.82) is 0 Å². The fraction of sp³-hybridized carbons (Fsp3) is 0.292. The van der Waals surface area contributed by atoms with Crippen LogP contribution >= 0.6 is 0 Å². The van der Waals surface area contributed by atoms with Crippen molar-refractivity contribution in [3.63, 3.8) is 0 Å². The van der Waals surface area contributed by atoms with E-state index in [9.17, 15) is 9.59 Å². The van der Waals surface area contributed by atoms with Crippen molar-refractivity contribution in [2.24, 2.45) is 5.92 Å². The molecule has 8 nitrogen and oxygen atoms in total. The van der Waals surface area contributed by atoms with Crippen molar-refractivity contribution in [3.8, 4) is 11.3 Å². The topological polar surface area (TPSA) is 100 Å². The quantitative estimate of drug-likeness (QED) is 0.481. The van der Waals surface area contributed by atoms with Gasteiger partial charge in [0.25, 0.3) is 0 Å². The van der Waals surface area contributed by atoms with Gasteiger partial charge in [-0.15, -0.1) is 0 Å². The lowest BCUT2D eigenvalue weighted by Gasteiger charge is -2.34. The Morgan fingerprint density at radius 2 is 1.75 bits per heavy atom. The summed E-state index contributed by atoms with van der Waals surface area (Å²) in [7, 11) is 0. The maximum absolute atomic E-state index is 12.6. The summed E-state index contributed by atoms with van der Waals surface area (Å²) >= 11 is 0. The van der Waals surface area contributed by atoms with Gasteiger partial charge in [-0.3, -0.25) is 15.4 Å². The SMILES string of the molecule is CC1NC(n2nc(-c3ccccc3)cc2NC(=O)NCCc2ccccc2)NC(=O)C1C. The van der Waals surface area contributed by atoms with Crippen LogP contribution in [0.15, 0.2) is 66.7 Å². The second kappa shape index (κ2) is 9.65. The normalized spacial score (nSPS) is 20.4. The molecule has 1 fully saturated rings. The summed E-state index contributed by atoms with van der Waals surface area (Å²) in [5.74, 6) is 0.269. The number of benzene rings is 2. The highest BCUT2D eigenvalue weighted by atomic mass is 16.2. The number of carbonyl (C=O) groups excluding carboxylic acids is 2. The van der Waals surface area contributed by atoms with Crippen LogP contribution in [0.2, 0.25) is 0 Å². The number of carbonyl (C=O) groups is 2. The van der Waals surface area contributed by atoms with Crippen LogP contribution in [0.1, 0.15) is 25.7 Å². The molecule has 166 valence electrons. The van der Waals surface area contributed by atoms with Gasteiger partial charge in [0.2, 0.25) is 5.91 Å². The van der Waals surface area contributed by atoms with Crippen molar-refractivity contribution in [2.75, 3.05) is 11.9 Å². The molecule has 0 bridgehead atoms. The van der Waals surface area contributed by atoms with Gasteiger partial charge in [0.15, 0.2) is 6.29 Å². The van der Waals surface area contributed by atoms with Crippen molar-refractivity contribution in [3.05, 3.63) is 72.3 Å². The number of urea groups is 1. The molecule has 2 heterocycles. The Balaban J connectivity index is 1.51. The fourth-order valence-electron chi connectivity index (χ4n) is 3.62. The second-order valence-corrected chi connectivity index (χ2v) is 8.00. The maximum Gasteiger partial charge on any atom is 0.320 e. The number of nitrogens with zero attached hydrogens (tertiary/aromatic N) is 2. The summed E-state index contributed by atoms with van der Waals surface area (Å²) in [4.78, 5) is 25.0. The summed E-state index contributed by atoms with van der Waals surface area (Å²) in [5, 5.41) is 16.7. The number of aromatic nitrogens is 2. The van der Waals surface area contributed by atoms with Crippen LogP contribution in [0.3, 0.4) is 0 Å². The third kappa shape index (κ3) is 4.97. The van der Waals surface area contributed by atoms with Crippen LogP contribution in [0, 0.1) is 5.92 Å². The van der Waals surface area contributed by atoms with Crippen molar-refractivity contribution in [2.45, 2.75) is 32.6 Å². The molecule has 0 saturated carbocycles. The fourth-order valence-corrected chi connectivity index (χ4v) is 3.62. The lowest BCUT2D eigenvalue weighted by Crippen LogP contribution is -2.57. The van der Waals surface area contributed by atoms with Gasteiger partial charge in [0.05, 0.1) is 11.6 Å². The molecule has 3 aromatic rings. The highest BCUT2D eigenvalue weighted by molar-refractivity contribution is 5.89. The van der Waals surface area contributed by atoms with Crippen molar-refractivity contribution in [1.82, 2.24) is 25.7 Å². The summed E-state index contributed by atoms with van der Waals surface area (Å²) < 4.78 is 1.61. The highest BCUT2D eigenvalue weighted by Crippen LogP contribution is 2.25. The predicted molar refractivity (Wildman–Crippen MR) is 124 cm³/mol. The maximum atomic E-state index is 12.6. The highest BCUT2D eigenvalue weighted by Gasteiger charge is 2.32. The molecule has 1 aliphatic heterocycles. The van der Waals surface area contributed by atoms with Crippen LogP contribution in [-0.2, 0) is 11.2 Å². The minimum atomic E-state index is -0.564. The molecule has 8 heteroatoms. The Labute approximate surface area is 187 Å². The molecule has 1 saturated heterocycles. The first-order valence-corrected chi connectivity index (χ1v) is 10.8. The standard InChI is InChI=1S/C24H28N6O2/c1-16-17(2)26-23(28-22(16)31)30-21(15-20(29-30)19-11-7-4-8-12-19)27-24(32)25-14-13-18-9-5-3-6-10-18/h3-12,15-17,23,26H,13-14H2,1-2H3,(H,28,31)(H2,25,27,32). The molecule has 3 atom stereocenters. The Morgan fingerprint density at radius 3 is 2.44 bits per heavy atom. The zero-order chi connectivity index (χ0) is 22.5. The van der Waals surface area contributed by atoms with Gasteiger partial charge in [-0.2, -0.15) is 5.10 Å². The molecule has 32 heavy (non-hydrogen) atoms. The van der Waals surface area contributed by atoms with E-state index in [1.807, 2.05) is 80.6 Å². The lowest BCUT2D eigenvalue weighted by atomic mass is 10.0. The largest absolute Gasteiger partial charge is 0.337 e. The van der Waals surface area contributed by atoms with E-state index in [2.05, 4.69) is 26.4 Å². The number of nitrogens with one attached hydrogen (secondary N) is 4. The summed E-state index contributed by atoms with van der Waals surface area (Å²) in [6.45, 7) is 4.34. The van der Waals surface area contributed by atoms with Gasteiger partial charge in [0, 0.05) is 24.2 Å². The predicted octanol–water partition coefficient (Wildman–Crippen LogP) is 3.11. The molecule has 4 rings (SSSR count). The minimum absolute atomic E-state index is 0.0364. The van der Waals surface area contributed by atoms with E-state index in [0.717, 1.165) is 17.5 Å². The molecule has 4 N–H and O–H groups in total. The number of amides is 3. The lowest BCUT2D eigenvalue weighted by molar-refractivity contribution is -0.130. The van der Waals surface area contributed by atoms with Gasteiger partial charge < -0.3 is 10.6 Å². The first kappa shape index (κ1) is 21.6. The number of anilines is 1. The Bertz CT molecular complexity index is 1070. The molecular weight excluding hydrogens is 404 g/mol. The third-order valence-corrected chi connectivity index (χ3v) is 5.70. The van der Waals surface area contributed by atoms with E-state index >= 15 is 0 Å². The number of hydrogen-bond donors (Lipinski definition) is 4. The van der Waals surface area contributed by atoms with E-state index in [4.69, 9.17) is 0 Å². The van der Waals surface area contributed by atoms with Crippen LogP contribution in [-0.4, -0.2) is 34.3 Å². The average molecular weight is 433 g/mol. The molecule has 1 aromatic heterocycles. The smallest absolute Gasteiger partial charge is 0.320 e. The van der Waals surface area contributed by atoms with Crippen LogP contribution in [0.5, 0.6) is 0 Å². The average Bonchev–Trinajstić information content (AvgIpc) is 3.22. The zero-order valence-corrected chi connectivity index (χ0v) is 18.2. The number of rotatable bonds is 6. The van der Waals surface area contributed by atoms with Crippen molar-refractivity contribution < 1.29 is 9.59 Å². The zero-order valence-electron chi connectivity index (χ0n) is 18.2. The first-order chi connectivity index (χ1) is 15.5. The molecule has 2 aromatic carbocycles. The Kier molecular flexibility index (Phi) is 6.51. The summed E-state index contributed by atoms with van der Waals surface area (Å²) in [6, 6.07) is 21.1. The van der Waals surface area contributed by atoms with E-state index in [1.165, 1.54) is 0 Å². The number of hydrogen-bond acceptors (Lipinski definition) is 4. The summed E-state index contributed by atoms with van der Waals surface area (Å²) in [5.41, 5.74) is 2.77. The molecular formula is C24H28N6O2. The van der Waals surface area contributed by atoms with Gasteiger partial charge in [-0.05, 0) is 18.9 Å². The van der Waals surface area contributed by atoms with Gasteiger partial charge in [-0.1, -0.05) is 67.6 Å². The summed E-state index contributed by atoms with van der Waals surface area (Å²) in [6.07, 6.45) is 0.170. The third-order valence-electron chi connectivity index (χ3n) is 5.70. The van der Waals surface area contributed by atoms with E-state index in [-0.39, 0.29) is 23.9 Å². The van der Waals surface area contributed by atoms with Gasteiger partial charge in [0.1, 0.15) is 5.82 Å². The van der Waals surface area contributed by atoms with Crippen molar-refractivity contribution >= 4 is 17.8 Å². The van der Waals surface area contributed by atoms with E-state index in [1.54, 1.807) is 4.68 Å². The van der Waals surface area contributed by atoms with Crippen LogP contribution in [0.25, 0.3) is 11.3 Å². The molecule has 3 amide bonds. The molecule has 0 spiro atoms. The molecule has 0 aliphatic carbocycles. The Hall–Kier alpha value is -3.65.